The molecule has 0 bridgehead atoms. The van der Waals surface area contributed by atoms with Crippen LogP contribution in [-0.2, 0) is 33.2 Å². The molecule has 0 aromatic carbocycles. The first-order chi connectivity index (χ1) is 56.3. The Morgan fingerprint density at radius 2 is 0.609 bits per heavy atom. The number of nitrogens with one attached hydrogen (secondary N) is 1. The van der Waals surface area contributed by atoms with Crippen LogP contribution in [0.1, 0.15) is 348 Å². The summed E-state index contributed by atoms with van der Waals surface area (Å²) in [5, 5.41) is 121. The second-order valence-electron chi connectivity index (χ2n) is 32.4. The summed E-state index contributed by atoms with van der Waals surface area (Å²) in [6, 6.07) is -1.00. The van der Waals surface area contributed by atoms with E-state index in [1.165, 1.54) is 225 Å². The number of amides is 1. The monoisotopic (exact) mass is 1620 g/mol. The predicted molar refractivity (Wildman–Crippen MR) is 466 cm³/mol. The van der Waals surface area contributed by atoms with E-state index in [1.54, 1.807) is 6.08 Å². The molecule has 3 fully saturated rings. The van der Waals surface area contributed by atoms with E-state index in [0.717, 1.165) is 89.9 Å². The molecule has 17 atom stereocenters. The van der Waals surface area contributed by atoms with Crippen LogP contribution < -0.4 is 5.32 Å². The van der Waals surface area contributed by atoms with Gasteiger partial charge in [-0.1, -0.05) is 360 Å². The normalized spacial score (nSPS) is 25.2. The lowest BCUT2D eigenvalue weighted by Crippen LogP contribution is -2.66. The summed E-state index contributed by atoms with van der Waals surface area (Å²) in [4.78, 5) is 13.5. The molecule has 3 aliphatic heterocycles. The summed E-state index contributed by atoms with van der Waals surface area (Å²) >= 11 is 0. The van der Waals surface area contributed by atoms with Gasteiger partial charge in [0, 0.05) is 6.42 Å². The molecule has 3 heterocycles. The molecule has 0 spiro atoms. The molecule has 0 aromatic heterocycles. The van der Waals surface area contributed by atoms with Gasteiger partial charge in [0.2, 0.25) is 5.91 Å². The van der Waals surface area contributed by atoms with Crippen molar-refractivity contribution in [2.24, 2.45) is 0 Å². The Bertz CT molecular complexity index is 2550. The van der Waals surface area contributed by atoms with Crippen molar-refractivity contribution in [3.05, 3.63) is 122 Å². The summed E-state index contributed by atoms with van der Waals surface area (Å²) in [5.41, 5.74) is 0. The molecule has 664 valence electrons. The zero-order valence-corrected chi connectivity index (χ0v) is 71.7. The van der Waals surface area contributed by atoms with Crippen LogP contribution in [0.15, 0.2) is 122 Å². The van der Waals surface area contributed by atoms with E-state index in [4.69, 9.17) is 28.4 Å². The number of hydrogen-bond donors (Lipinski definition) is 12. The summed E-state index contributed by atoms with van der Waals surface area (Å²) < 4.78 is 34.5. The highest BCUT2D eigenvalue weighted by atomic mass is 16.8. The van der Waals surface area contributed by atoms with Crippen molar-refractivity contribution in [2.75, 3.05) is 26.4 Å². The van der Waals surface area contributed by atoms with Crippen molar-refractivity contribution in [2.45, 2.75) is 452 Å². The highest BCUT2D eigenvalue weighted by molar-refractivity contribution is 5.76. The summed E-state index contributed by atoms with van der Waals surface area (Å²) in [5.74, 6) is -0.288. The lowest BCUT2D eigenvalue weighted by Gasteiger charge is -2.48. The van der Waals surface area contributed by atoms with Gasteiger partial charge in [0.1, 0.15) is 73.2 Å². The number of unbranched alkanes of at least 4 members (excludes halogenated alkanes) is 40. The van der Waals surface area contributed by atoms with Crippen molar-refractivity contribution in [3.63, 3.8) is 0 Å². The Labute approximate surface area is 697 Å². The van der Waals surface area contributed by atoms with E-state index in [-0.39, 0.29) is 18.9 Å². The molecule has 19 nitrogen and oxygen atoms in total. The maximum absolute atomic E-state index is 13.5. The zero-order chi connectivity index (χ0) is 83.1. The second kappa shape index (κ2) is 74.1. The average Bonchev–Trinajstić information content (AvgIpc) is 0.778. The second-order valence-corrected chi connectivity index (χ2v) is 32.4. The zero-order valence-electron chi connectivity index (χ0n) is 71.7. The van der Waals surface area contributed by atoms with E-state index in [2.05, 4.69) is 129 Å². The van der Waals surface area contributed by atoms with Crippen molar-refractivity contribution in [3.8, 4) is 0 Å². The molecule has 3 rings (SSSR count). The van der Waals surface area contributed by atoms with Gasteiger partial charge in [-0.2, -0.15) is 0 Å². The van der Waals surface area contributed by atoms with Gasteiger partial charge < -0.3 is 89.9 Å². The number of carbonyl (C=O) groups excluding carboxylic acids is 1. The van der Waals surface area contributed by atoms with Gasteiger partial charge in [-0.25, -0.2) is 0 Å². The number of aliphatic hydroxyl groups is 11. The maximum Gasteiger partial charge on any atom is 0.220 e. The van der Waals surface area contributed by atoms with Crippen LogP contribution in [0.5, 0.6) is 0 Å². The standard InChI is InChI=1S/C96H167NO18/c1-3-5-7-9-11-13-15-17-19-21-23-25-27-29-31-33-34-35-36-37-38-39-40-41-42-43-44-46-48-50-52-54-56-58-60-62-64-66-68-70-72-74-84(102)97-79(80(101)73-71-69-67-65-63-61-59-57-55-53-51-49-47-45-32-30-28-26-24-22-20-18-16-14-12-10-8-6-4-2)78-110-94-90(108)87(105)92(82(76-99)112-94)115-96-91(109)88(106)93(83(77-100)113-96)114-95-89(107)86(104)85(103)81(75-98)111-95/h5,7,11,13,17,19,23,25,29,31,34-35,37-38,55,57,63,65,71,73,79-83,85-96,98-101,103-109H,3-4,6,8-10,12,14-16,18,20-22,24,26-28,30,32-33,36,39-54,56,58-62,64,66-70,72,74-78H2,1-2H3,(H,97,102)/b7-5-,13-11-,19-17-,25-23-,31-29-,35-34-,38-37-,57-55+,65-63+,73-71+. The minimum Gasteiger partial charge on any atom is -0.394 e. The highest BCUT2D eigenvalue weighted by Gasteiger charge is 2.54. The van der Waals surface area contributed by atoms with Crippen LogP contribution in [0.2, 0.25) is 0 Å². The van der Waals surface area contributed by atoms with E-state index in [9.17, 15) is 61.0 Å². The quantitative estimate of drug-likeness (QED) is 0.0199. The number of carbonyl (C=O) groups is 1. The Kier molecular flexibility index (Phi) is 67.9. The molecule has 115 heavy (non-hydrogen) atoms. The molecule has 0 aromatic rings. The van der Waals surface area contributed by atoms with Gasteiger partial charge in [-0.3, -0.25) is 4.79 Å². The molecule has 3 saturated heterocycles. The first kappa shape index (κ1) is 105. The molecule has 17 unspecified atom stereocenters. The molecule has 0 saturated carbocycles. The van der Waals surface area contributed by atoms with Gasteiger partial charge >= 0.3 is 0 Å². The van der Waals surface area contributed by atoms with E-state index >= 15 is 0 Å². The third-order valence-corrected chi connectivity index (χ3v) is 22.2. The van der Waals surface area contributed by atoms with Crippen LogP contribution in [0.4, 0.5) is 0 Å². The third kappa shape index (κ3) is 52.2. The SMILES string of the molecule is CC/C=C\C/C=C\C/C=C\C/C=C\C/C=C\C/C=C\C/C=C\CCCCCCCCCCCCCCCCCCCCCC(=O)NC(COC1OC(CO)C(OC2OC(CO)C(OC3OC(CO)C(O)C(O)C3O)C(O)C2O)C(O)C1O)C(O)/C=C/CC/C=C/CC/C=C/CCCCCCCCCCCCCCCCCCCCC. The first-order valence-corrected chi connectivity index (χ1v) is 46.3. The Morgan fingerprint density at radius 3 is 0.974 bits per heavy atom. The number of aliphatic hydroxyl groups excluding tert-OH is 11. The highest BCUT2D eigenvalue weighted by Crippen LogP contribution is 2.33. The number of allylic oxidation sites excluding steroid dienone is 19. The van der Waals surface area contributed by atoms with Gasteiger partial charge in [0.25, 0.3) is 0 Å². The first-order valence-electron chi connectivity index (χ1n) is 46.3. The van der Waals surface area contributed by atoms with E-state index in [1.807, 2.05) is 6.08 Å². The third-order valence-electron chi connectivity index (χ3n) is 22.2. The molecule has 1 amide bonds. The summed E-state index contributed by atoms with van der Waals surface area (Å²) in [6.45, 7) is 1.63. The lowest BCUT2D eigenvalue weighted by molar-refractivity contribution is -0.379. The van der Waals surface area contributed by atoms with Crippen molar-refractivity contribution < 1.29 is 89.4 Å². The molecule has 0 aliphatic carbocycles. The fourth-order valence-corrected chi connectivity index (χ4v) is 14.9. The topological polar surface area (TPSA) is 307 Å². The predicted octanol–water partition coefficient (Wildman–Crippen LogP) is 18.2. The Morgan fingerprint density at radius 1 is 0.322 bits per heavy atom. The van der Waals surface area contributed by atoms with Crippen molar-refractivity contribution >= 4 is 5.91 Å². The number of rotatable bonds is 74. The molecular weight excluding hydrogens is 1460 g/mol. The van der Waals surface area contributed by atoms with E-state index in [0.29, 0.717) is 12.8 Å². The van der Waals surface area contributed by atoms with Crippen LogP contribution in [0.25, 0.3) is 0 Å². The molecule has 0 radical (unpaired) electrons. The molecular formula is C96H167NO18. The fraction of sp³-hybridized carbons (Fsp3) is 0.781. The van der Waals surface area contributed by atoms with Crippen LogP contribution in [-0.4, -0.2) is 193 Å². The van der Waals surface area contributed by atoms with Gasteiger partial charge in [0.15, 0.2) is 18.9 Å². The molecule has 12 N–H and O–H groups in total. The molecule has 19 heteroatoms. The van der Waals surface area contributed by atoms with Crippen LogP contribution in [0.3, 0.4) is 0 Å². The molecule has 3 aliphatic rings. The van der Waals surface area contributed by atoms with Crippen molar-refractivity contribution in [1.29, 1.82) is 0 Å². The lowest BCUT2D eigenvalue weighted by atomic mass is 9.96. The number of hydrogen-bond acceptors (Lipinski definition) is 18. The largest absolute Gasteiger partial charge is 0.394 e. The Balaban J connectivity index is 1.32. The van der Waals surface area contributed by atoms with Crippen LogP contribution >= 0.6 is 0 Å². The fourth-order valence-electron chi connectivity index (χ4n) is 14.9. The van der Waals surface area contributed by atoms with Crippen molar-refractivity contribution in [1.82, 2.24) is 5.32 Å². The van der Waals surface area contributed by atoms with Gasteiger partial charge in [-0.05, 0) is 103 Å². The average molecular weight is 1620 g/mol. The van der Waals surface area contributed by atoms with Gasteiger partial charge in [-0.15, -0.1) is 0 Å². The summed E-state index contributed by atoms with van der Waals surface area (Å²) in [6.07, 6.45) is 79.3. The summed E-state index contributed by atoms with van der Waals surface area (Å²) in [7, 11) is 0. The minimum absolute atomic E-state index is 0.229. The smallest absolute Gasteiger partial charge is 0.220 e. The van der Waals surface area contributed by atoms with E-state index < -0.39 is 124 Å². The van der Waals surface area contributed by atoms with Crippen LogP contribution in [0, 0.1) is 0 Å². The minimum atomic E-state index is -1.99. The number of ether oxygens (including phenoxy) is 6. The van der Waals surface area contributed by atoms with Gasteiger partial charge in [0.05, 0.1) is 38.6 Å². The maximum atomic E-state index is 13.5. The Hall–Kier alpha value is -3.81.